The molecule has 5 heteroatoms. The standard InChI is InChI=1S/C6H4BrClO3/c7-6-5(10)4(9)1-3(2-8)11-6/h1,10H,2H2. The Kier molecular flexibility index (Phi) is 2.57. The summed E-state index contributed by atoms with van der Waals surface area (Å²) in [5.74, 6) is -0.00564. The van der Waals surface area contributed by atoms with Gasteiger partial charge in [-0.15, -0.1) is 11.6 Å². The number of rotatable bonds is 1. The third kappa shape index (κ3) is 1.75. The highest BCUT2D eigenvalue weighted by Crippen LogP contribution is 2.20. The topological polar surface area (TPSA) is 50.4 Å². The van der Waals surface area contributed by atoms with Gasteiger partial charge >= 0.3 is 0 Å². The summed E-state index contributed by atoms with van der Waals surface area (Å²) in [7, 11) is 0. The van der Waals surface area contributed by atoms with Gasteiger partial charge in [0.25, 0.3) is 0 Å². The molecule has 1 aromatic rings. The molecule has 0 unspecified atom stereocenters. The van der Waals surface area contributed by atoms with E-state index in [2.05, 4.69) is 15.9 Å². The second kappa shape index (κ2) is 3.28. The Hall–Kier alpha value is -0.480. The fraction of sp³-hybridized carbons (Fsp3) is 0.167. The van der Waals surface area contributed by atoms with E-state index in [4.69, 9.17) is 21.1 Å². The lowest BCUT2D eigenvalue weighted by Gasteiger charge is -1.96. The van der Waals surface area contributed by atoms with Gasteiger partial charge in [-0.05, 0) is 15.9 Å². The van der Waals surface area contributed by atoms with E-state index in [-0.39, 0.29) is 10.5 Å². The van der Waals surface area contributed by atoms with E-state index in [0.717, 1.165) is 6.07 Å². The maximum atomic E-state index is 10.8. The first kappa shape index (κ1) is 8.62. The van der Waals surface area contributed by atoms with Crippen molar-refractivity contribution in [3.05, 3.63) is 26.7 Å². The van der Waals surface area contributed by atoms with Gasteiger partial charge in [-0.2, -0.15) is 0 Å². The summed E-state index contributed by atoms with van der Waals surface area (Å²) in [5, 5.41) is 8.93. The molecule has 1 heterocycles. The SMILES string of the molecule is O=c1cc(CCl)oc(Br)c1O. The third-order valence-corrected chi connectivity index (χ3v) is 1.86. The molecule has 60 valence electrons. The zero-order valence-corrected chi connectivity index (χ0v) is 7.65. The first-order valence-electron chi connectivity index (χ1n) is 2.72. The lowest BCUT2D eigenvalue weighted by Crippen LogP contribution is -1.99. The van der Waals surface area contributed by atoms with Gasteiger partial charge < -0.3 is 9.52 Å². The second-order valence-corrected chi connectivity index (χ2v) is 2.82. The number of alkyl halides is 1. The minimum absolute atomic E-state index is 0.0145. The van der Waals surface area contributed by atoms with Crippen molar-refractivity contribution in [2.45, 2.75) is 5.88 Å². The predicted molar refractivity (Wildman–Crippen MR) is 43.9 cm³/mol. The number of halogens is 2. The molecule has 0 fully saturated rings. The van der Waals surface area contributed by atoms with Crippen molar-refractivity contribution < 1.29 is 9.52 Å². The van der Waals surface area contributed by atoms with E-state index < -0.39 is 11.2 Å². The van der Waals surface area contributed by atoms with Crippen molar-refractivity contribution >= 4 is 27.5 Å². The fourth-order valence-corrected chi connectivity index (χ4v) is 1.11. The number of aromatic hydroxyl groups is 1. The van der Waals surface area contributed by atoms with Crippen LogP contribution in [0, 0.1) is 0 Å². The molecular weight excluding hydrogens is 235 g/mol. The summed E-state index contributed by atoms with van der Waals surface area (Å²) in [5.41, 5.74) is -0.501. The zero-order chi connectivity index (χ0) is 8.43. The molecule has 0 saturated carbocycles. The lowest BCUT2D eigenvalue weighted by atomic mass is 10.4. The fourth-order valence-electron chi connectivity index (χ4n) is 0.570. The van der Waals surface area contributed by atoms with Crippen molar-refractivity contribution in [2.75, 3.05) is 0 Å². The smallest absolute Gasteiger partial charge is 0.228 e. The highest BCUT2D eigenvalue weighted by molar-refractivity contribution is 9.10. The molecule has 0 bridgehead atoms. The lowest BCUT2D eigenvalue weighted by molar-refractivity contribution is 0.402. The van der Waals surface area contributed by atoms with Gasteiger partial charge in [0.05, 0.1) is 5.88 Å². The molecule has 0 aromatic carbocycles. The van der Waals surface area contributed by atoms with Crippen LogP contribution in [0.4, 0.5) is 0 Å². The second-order valence-electron chi connectivity index (χ2n) is 1.83. The van der Waals surface area contributed by atoms with Crippen LogP contribution in [-0.4, -0.2) is 5.11 Å². The molecule has 0 aliphatic rings. The molecule has 0 radical (unpaired) electrons. The minimum Gasteiger partial charge on any atom is -0.501 e. The molecule has 1 N–H and O–H groups in total. The molecule has 1 aromatic heterocycles. The van der Waals surface area contributed by atoms with Crippen LogP contribution in [0.1, 0.15) is 5.76 Å². The molecule has 3 nitrogen and oxygen atoms in total. The first-order chi connectivity index (χ1) is 5.15. The van der Waals surface area contributed by atoms with Crippen molar-refractivity contribution in [1.29, 1.82) is 0 Å². The quantitative estimate of drug-likeness (QED) is 0.761. The Morgan fingerprint density at radius 2 is 2.36 bits per heavy atom. The van der Waals surface area contributed by atoms with Gasteiger partial charge in [-0.3, -0.25) is 4.79 Å². The van der Waals surface area contributed by atoms with Crippen LogP contribution in [0.15, 0.2) is 19.9 Å². The van der Waals surface area contributed by atoms with Crippen LogP contribution in [0.3, 0.4) is 0 Å². The maximum absolute atomic E-state index is 10.8. The van der Waals surface area contributed by atoms with Gasteiger partial charge in [-0.1, -0.05) is 0 Å². The summed E-state index contributed by atoms with van der Waals surface area (Å²) < 4.78 is 4.89. The summed E-state index contributed by atoms with van der Waals surface area (Å²) >= 11 is 8.25. The van der Waals surface area contributed by atoms with Crippen molar-refractivity contribution in [2.24, 2.45) is 0 Å². The van der Waals surface area contributed by atoms with Crippen molar-refractivity contribution in [1.82, 2.24) is 0 Å². The summed E-state index contributed by atoms with van der Waals surface area (Å²) in [4.78, 5) is 10.8. The average Bonchev–Trinajstić information content (AvgIpc) is 1.99. The molecule has 0 spiro atoms. The summed E-state index contributed by atoms with van der Waals surface area (Å²) in [6.07, 6.45) is 0. The van der Waals surface area contributed by atoms with Crippen LogP contribution in [0.25, 0.3) is 0 Å². The van der Waals surface area contributed by atoms with E-state index >= 15 is 0 Å². The number of hydrogen-bond donors (Lipinski definition) is 1. The monoisotopic (exact) mass is 238 g/mol. The molecule has 0 saturated heterocycles. The largest absolute Gasteiger partial charge is 0.501 e. The molecule has 0 amide bonds. The highest BCUT2D eigenvalue weighted by atomic mass is 79.9. The van der Waals surface area contributed by atoms with E-state index in [0.29, 0.717) is 5.76 Å². The van der Waals surface area contributed by atoms with E-state index in [1.165, 1.54) is 0 Å². The van der Waals surface area contributed by atoms with Crippen LogP contribution in [-0.2, 0) is 5.88 Å². The van der Waals surface area contributed by atoms with Crippen LogP contribution < -0.4 is 5.43 Å². The van der Waals surface area contributed by atoms with E-state index in [9.17, 15) is 4.79 Å². The van der Waals surface area contributed by atoms with Crippen LogP contribution >= 0.6 is 27.5 Å². The van der Waals surface area contributed by atoms with Crippen molar-refractivity contribution in [3.63, 3.8) is 0 Å². The third-order valence-electron chi connectivity index (χ3n) is 1.06. The Morgan fingerprint density at radius 3 is 2.82 bits per heavy atom. The summed E-state index contributed by atoms with van der Waals surface area (Å²) in [6, 6.07) is 1.15. The van der Waals surface area contributed by atoms with Gasteiger partial charge in [-0.25, -0.2) is 0 Å². The van der Waals surface area contributed by atoms with Gasteiger partial charge in [0.15, 0.2) is 0 Å². The van der Waals surface area contributed by atoms with Crippen LogP contribution in [0.5, 0.6) is 5.75 Å². The van der Waals surface area contributed by atoms with Gasteiger partial charge in [0, 0.05) is 6.07 Å². The van der Waals surface area contributed by atoms with Gasteiger partial charge in [0.2, 0.25) is 15.8 Å². The Morgan fingerprint density at radius 1 is 1.73 bits per heavy atom. The van der Waals surface area contributed by atoms with E-state index in [1.54, 1.807) is 0 Å². The first-order valence-corrected chi connectivity index (χ1v) is 4.05. The Balaban J connectivity index is 3.32. The van der Waals surface area contributed by atoms with Crippen molar-refractivity contribution in [3.8, 4) is 5.75 Å². The highest BCUT2D eigenvalue weighted by Gasteiger charge is 2.06. The van der Waals surface area contributed by atoms with Gasteiger partial charge in [0.1, 0.15) is 5.76 Å². The normalized spacial score (nSPS) is 10.0. The Labute approximate surface area is 75.7 Å². The predicted octanol–water partition coefficient (Wildman–Crippen LogP) is 1.85. The molecule has 0 aliphatic heterocycles. The van der Waals surface area contributed by atoms with E-state index in [1.807, 2.05) is 0 Å². The Bertz CT molecular complexity index is 320. The maximum Gasteiger partial charge on any atom is 0.228 e. The average molecular weight is 239 g/mol. The molecule has 1 rings (SSSR count). The zero-order valence-electron chi connectivity index (χ0n) is 5.30. The molecular formula is C6H4BrClO3. The molecule has 0 atom stereocenters. The minimum atomic E-state index is -0.501. The number of hydrogen-bond acceptors (Lipinski definition) is 3. The van der Waals surface area contributed by atoms with Crippen LogP contribution in [0.2, 0.25) is 0 Å². The molecule has 0 aliphatic carbocycles. The molecule has 11 heavy (non-hydrogen) atoms. The summed E-state index contributed by atoms with van der Waals surface area (Å²) in [6.45, 7) is 0.